The predicted molar refractivity (Wildman–Crippen MR) is 84.5 cm³/mol. The number of benzene rings is 1. The Morgan fingerprint density at radius 2 is 2.04 bits per heavy atom. The highest BCUT2D eigenvalue weighted by atomic mass is 16.6. The van der Waals surface area contributed by atoms with Crippen molar-refractivity contribution < 1.29 is 28.6 Å². The minimum absolute atomic E-state index is 0.102. The van der Waals surface area contributed by atoms with Crippen molar-refractivity contribution in [2.24, 2.45) is 0 Å². The second kappa shape index (κ2) is 5.70. The zero-order valence-corrected chi connectivity index (χ0v) is 13.6. The fourth-order valence-electron chi connectivity index (χ4n) is 3.79. The van der Waals surface area contributed by atoms with Gasteiger partial charge < -0.3 is 14.2 Å². The molecule has 0 aliphatic carbocycles. The molecule has 3 aliphatic heterocycles. The van der Waals surface area contributed by atoms with Gasteiger partial charge in [0.05, 0.1) is 19.3 Å². The van der Waals surface area contributed by atoms with Gasteiger partial charge in [0.1, 0.15) is 12.6 Å². The Kier molecular flexibility index (Phi) is 3.61. The molecule has 2 saturated heterocycles. The van der Waals surface area contributed by atoms with Crippen LogP contribution in [0.15, 0.2) is 42.5 Å². The lowest BCUT2D eigenvalue weighted by Gasteiger charge is -2.42. The molecule has 0 aromatic heterocycles. The topological polar surface area (TPSA) is 82.1 Å². The van der Waals surface area contributed by atoms with Crippen molar-refractivity contribution in [3.05, 3.63) is 48.0 Å². The van der Waals surface area contributed by atoms with Crippen molar-refractivity contribution in [1.82, 2.24) is 4.90 Å². The van der Waals surface area contributed by atoms with E-state index in [-0.39, 0.29) is 18.8 Å². The number of ketones is 1. The van der Waals surface area contributed by atoms with Crippen LogP contribution >= 0.6 is 0 Å². The van der Waals surface area contributed by atoms with Crippen molar-refractivity contribution in [1.29, 1.82) is 0 Å². The van der Waals surface area contributed by atoms with Gasteiger partial charge in [-0.2, -0.15) is 0 Å². The van der Waals surface area contributed by atoms with E-state index in [1.165, 1.54) is 18.1 Å². The van der Waals surface area contributed by atoms with E-state index >= 15 is 0 Å². The van der Waals surface area contributed by atoms with Crippen LogP contribution in [0.1, 0.15) is 18.0 Å². The molecule has 7 heteroatoms. The minimum atomic E-state index is -1.62. The van der Waals surface area contributed by atoms with Crippen LogP contribution in [0.25, 0.3) is 0 Å². The van der Waals surface area contributed by atoms with Gasteiger partial charge in [-0.05, 0) is 11.6 Å². The maximum absolute atomic E-state index is 12.8. The molecule has 130 valence electrons. The molecule has 4 rings (SSSR count). The summed E-state index contributed by atoms with van der Waals surface area (Å²) in [6.07, 6.45) is 2.19. The first-order chi connectivity index (χ1) is 12.1. The molecule has 0 unspecified atom stereocenters. The Bertz CT molecular complexity index is 760. The summed E-state index contributed by atoms with van der Waals surface area (Å²) in [5.74, 6) is -0.942. The summed E-state index contributed by atoms with van der Waals surface area (Å²) in [4.78, 5) is 39.1. The third-order valence-electron chi connectivity index (χ3n) is 4.90. The second-order valence-electron chi connectivity index (χ2n) is 6.28. The van der Waals surface area contributed by atoms with Gasteiger partial charge in [0.25, 0.3) is 0 Å². The molecule has 1 amide bonds. The lowest BCUT2D eigenvalue weighted by Crippen LogP contribution is -2.64. The number of methoxy groups -OCH3 is 1. The van der Waals surface area contributed by atoms with Crippen LogP contribution in [0.3, 0.4) is 0 Å². The molecular weight excluding hydrogens is 326 g/mol. The molecule has 3 heterocycles. The standard InChI is InChI=1S/C18H17NO6/c1-23-16(21)18-8-7-12(25-18)9-14(20)15(18)19-13(10-24-17(19)22)11-5-3-2-4-6-11/h2-8,12-13,15H,9-10H2,1H3/t12-,13+,15+,18+/m1/s1. The summed E-state index contributed by atoms with van der Waals surface area (Å²) in [6, 6.07) is 7.67. The molecule has 0 radical (unpaired) electrons. The molecule has 1 aromatic rings. The van der Waals surface area contributed by atoms with Gasteiger partial charge in [-0.1, -0.05) is 36.4 Å². The zero-order valence-electron chi connectivity index (χ0n) is 13.6. The Labute approximate surface area is 144 Å². The number of esters is 1. The Morgan fingerprint density at radius 3 is 2.76 bits per heavy atom. The van der Waals surface area contributed by atoms with Crippen molar-refractivity contribution in [3.8, 4) is 0 Å². The van der Waals surface area contributed by atoms with E-state index < -0.39 is 35.9 Å². The molecule has 2 fully saturated rings. The van der Waals surface area contributed by atoms with E-state index in [1.807, 2.05) is 30.3 Å². The maximum Gasteiger partial charge on any atom is 0.411 e. The van der Waals surface area contributed by atoms with Gasteiger partial charge in [-0.25, -0.2) is 9.59 Å². The molecule has 0 saturated carbocycles. The van der Waals surface area contributed by atoms with Crippen molar-refractivity contribution in [2.75, 3.05) is 13.7 Å². The smallest absolute Gasteiger partial charge is 0.411 e. The monoisotopic (exact) mass is 343 g/mol. The molecule has 1 aromatic carbocycles. The lowest BCUT2D eigenvalue weighted by atomic mass is 9.86. The van der Waals surface area contributed by atoms with E-state index in [1.54, 1.807) is 6.08 Å². The lowest BCUT2D eigenvalue weighted by molar-refractivity contribution is -0.182. The average molecular weight is 343 g/mol. The fourth-order valence-corrected chi connectivity index (χ4v) is 3.79. The van der Waals surface area contributed by atoms with E-state index in [0.29, 0.717) is 0 Å². The van der Waals surface area contributed by atoms with Crippen molar-refractivity contribution in [2.45, 2.75) is 30.2 Å². The van der Waals surface area contributed by atoms with Crippen LogP contribution in [0.5, 0.6) is 0 Å². The first kappa shape index (κ1) is 15.8. The van der Waals surface area contributed by atoms with Gasteiger partial charge in [-0.3, -0.25) is 9.69 Å². The van der Waals surface area contributed by atoms with E-state index in [2.05, 4.69) is 0 Å². The summed E-state index contributed by atoms with van der Waals surface area (Å²) in [5.41, 5.74) is -0.796. The quantitative estimate of drug-likeness (QED) is 0.609. The number of rotatable bonds is 3. The molecule has 4 atom stereocenters. The number of nitrogens with zero attached hydrogens (tertiary/aromatic N) is 1. The van der Waals surface area contributed by atoms with E-state index in [0.717, 1.165) is 5.56 Å². The molecule has 7 nitrogen and oxygen atoms in total. The third kappa shape index (κ3) is 2.26. The first-order valence-corrected chi connectivity index (χ1v) is 8.05. The van der Waals surface area contributed by atoms with Crippen LogP contribution in [0, 0.1) is 0 Å². The highest BCUT2D eigenvalue weighted by Crippen LogP contribution is 2.43. The number of Topliss-reactive ketones (excluding diaryl/α,β-unsaturated/α-hetero) is 1. The summed E-state index contributed by atoms with van der Waals surface area (Å²) < 4.78 is 15.9. The maximum atomic E-state index is 12.8. The number of hydrogen-bond acceptors (Lipinski definition) is 6. The average Bonchev–Trinajstić information content (AvgIpc) is 3.18. The van der Waals surface area contributed by atoms with Crippen molar-refractivity contribution >= 4 is 17.8 Å². The van der Waals surface area contributed by atoms with Gasteiger partial charge in [0, 0.05) is 6.42 Å². The predicted octanol–water partition coefficient (Wildman–Crippen LogP) is 1.39. The number of carbonyl (C=O) groups is 3. The van der Waals surface area contributed by atoms with Crippen LogP contribution in [0.2, 0.25) is 0 Å². The van der Waals surface area contributed by atoms with Gasteiger partial charge in [0.15, 0.2) is 5.78 Å². The summed E-state index contributed by atoms with van der Waals surface area (Å²) in [5, 5.41) is 0. The Morgan fingerprint density at radius 1 is 1.28 bits per heavy atom. The van der Waals surface area contributed by atoms with Gasteiger partial charge >= 0.3 is 12.1 Å². The molecule has 25 heavy (non-hydrogen) atoms. The van der Waals surface area contributed by atoms with Crippen LogP contribution in [-0.4, -0.2) is 54.2 Å². The summed E-state index contributed by atoms with van der Waals surface area (Å²) in [7, 11) is 1.23. The van der Waals surface area contributed by atoms with Gasteiger partial charge in [-0.15, -0.1) is 0 Å². The fraction of sp³-hybridized carbons (Fsp3) is 0.389. The number of fused-ring (bicyclic) bond motifs is 2. The summed E-state index contributed by atoms with van der Waals surface area (Å²) in [6.45, 7) is 0.108. The molecular formula is C18H17NO6. The number of ether oxygens (including phenoxy) is 3. The Hall–Kier alpha value is -2.67. The number of cyclic esters (lactones) is 1. The van der Waals surface area contributed by atoms with E-state index in [4.69, 9.17) is 14.2 Å². The zero-order chi connectivity index (χ0) is 17.6. The van der Waals surface area contributed by atoms with Gasteiger partial charge in [0.2, 0.25) is 5.60 Å². The first-order valence-electron chi connectivity index (χ1n) is 8.05. The molecule has 2 bridgehead atoms. The number of hydrogen-bond donors (Lipinski definition) is 0. The van der Waals surface area contributed by atoms with Crippen LogP contribution < -0.4 is 0 Å². The van der Waals surface area contributed by atoms with Crippen LogP contribution in [0.4, 0.5) is 4.79 Å². The number of carbonyl (C=O) groups excluding carboxylic acids is 3. The second-order valence-corrected chi connectivity index (χ2v) is 6.28. The van der Waals surface area contributed by atoms with E-state index in [9.17, 15) is 14.4 Å². The minimum Gasteiger partial charge on any atom is -0.467 e. The molecule has 0 spiro atoms. The van der Waals surface area contributed by atoms with Crippen molar-refractivity contribution in [3.63, 3.8) is 0 Å². The normalized spacial score (nSPS) is 33.5. The third-order valence-corrected chi connectivity index (χ3v) is 4.90. The summed E-state index contributed by atoms with van der Waals surface area (Å²) >= 11 is 0. The largest absolute Gasteiger partial charge is 0.467 e. The molecule has 0 N–H and O–H groups in total. The highest BCUT2D eigenvalue weighted by Gasteiger charge is 2.62. The SMILES string of the molecule is COC(=O)[C@]12C=C[C@H](CC(=O)[C@@H]1N1C(=O)OC[C@H]1c1ccccc1)O2. The van der Waals surface area contributed by atoms with Crippen LogP contribution in [-0.2, 0) is 23.8 Å². The Balaban J connectivity index is 1.79. The molecule has 3 aliphatic rings. The number of amides is 1. The highest BCUT2D eigenvalue weighted by molar-refractivity contribution is 5.99.